The Morgan fingerprint density at radius 1 is 1.15 bits per heavy atom. The number of rotatable bonds is 9. The summed E-state index contributed by atoms with van der Waals surface area (Å²) in [6.45, 7) is 2.22. The smallest absolute Gasteiger partial charge is 0.338 e. The van der Waals surface area contributed by atoms with E-state index in [-0.39, 0.29) is 5.75 Å². The fourth-order valence-corrected chi connectivity index (χ4v) is 2.78. The fraction of sp³-hybridized carbons (Fsp3) is 0.250. The summed E-state index contributed by atoms with van der Waals surface area (Å²) in [4.78, 5) is 24.9. The number of nitrogens with one attached hydrogen (secondary N) is 1. The van der Waals surface area contributed by atoms with Crippen LogP contribution in [0.5, 0.6) is 5.75 Å². The first-order chi connectivity index (χ1) is 13.1. The molecule has 2 aromatic rings. The number of amides is 1. The second-order valence-corrected chi connectivity index (χ2v) is 6.46. The molecule has 0 aliphatic heterocycles. The van der Waals surface area contributed by atoms with Crippen LogP contribution in [0.4, 0.5) is 5.69 Å². The Bertz CT molecular complexity index is 815. The van der Waals surface area contributed by atoms with Crippen LogP contribution in [-0.4, -0.2) is 30.8 Å². The van der Waals surface area contributed by atoms with Gasteiger partial charge >= 0.3 is 5.97 Å². The fourth-order valence-electron chi connectivity index (χ4n) is 2.11. The average Bonchev–Trinajstić information content (AvgIpc) is 2.70. The van der Waals surface area contributed by atoms with Crippen LogP contribution in [0.25, 0.3) is 0 Å². The number of anilines is 1. The van der Waals surface area contributed by atoms with Crippen molar-refractivity contribution in [3.8, 4) is 11.8 Å². The van der Waals surface area contributed by atoms with Crippen LogP contribution < -0.4 is 10.1 Å². The minimum atomic E-state index is -0.584. The summed E-state index contributed by atoms with van der Waals surface area (Å²) in [6.07, 6.45) is 0.900. The molecule has 6 nitrogen and oxygen atoms in total. The molecule has 2 aromatic carbocycles. The minimum absolute atomic E-state index is 0.278. The number of para-hydroxylation sites is 1. The quantitative estimate of drug-likeness (QED) is 0.521. The van der Waals surface area contributed by atoms with E-state index in [1.54, 1.807) is 36.4 Å². The molecule has 1 amide bonds. The summed E-state index contributed by atoms with van der Waals surface area (Å²) in [5, 5.41) is 11.4. The van der Waals surface area contributed by atoms with E-state index in [0.717, 1.165) is 11.3 Å². The molecule has 0 aliphatic carbocycles. The van der Waals surface area contributed by atoms with E-state index < -0.39 is 18.5 Å². The molecular weight excluding hydrogens is 364 g/mol. The molecule has 0 atom stereocenters. The molecule has 0 aliphatic rings. The Hall–Kier alpha value is -2.98. The molecule has 7 heteroatoms. The van der Waals surface area contributed by atoms with Crippen LogP contribution in [0.2, 0.25) is 0 Å². The van der Waals surface area contributed by atoms with Gasteiger partial charge in [-0.3, -0.25) is 4.79 Å². The van der Waals surface area contributed by atoms with E-state index in [1.165, 1.54) is 11.8 Å². The van der Waals surface area contributed by atoms with Gasteiger partial charge in [0.05, 0.1) is 29.7 Å². The maximum atomic E-state index is 12.1. The second kappa shape index (κ2) is 10.9. The van der Waals surface area contributed by atoms with Gasteiger partial charge < -0.3 is 14.8 Å². The number of carbonyl (C=O) groups is 2. The van der Waals surface area contributed by atoms with Crippen LogP contribution >= 0.6 is 11.8 Å². The first-order valence-corrected chi connectivity index (χ1v) is 9.41. The third-order valence-corrected chi connectivity index (χ3v) is 4.29. The summed E-state index contributed by atoms with van der Waals surface area (Å²) in [6, 6.07) is 15.8. The number of esters is 1. The predicted octanol–water partition coefficient (Wildman–Crippen LogP) is 3.89. The van der Waals surface area contributed by atoms with Gasteiger partial charge in [0.25, 0.3) is 5.91 Å². The van der Waals surface area contributed by atoms with Gasteiger partial charge in [0, 0.05) is 4.90 Å². The molecule has 0 radical (unpaired) electrons. The Kier molecular flexibility index (Phi) is 8.20. The topological polar surface area (TPSA) is 88.4 Å². The van der Waals surface area contributed by atoms with Crippen molar-refractivity contribution in [3.05, 3.63) is 54.1 Å². The molecule has 0 bridgehead atoms. The highest BCUT2D eigenvalue weighted by Crippen LogP contribution is 2.26. The third-order valence-electron chi connectivity index (χ3n) is 3.35. The Balaban J connectivity index is 1.86. The van der Waals surface area contributed by atoms with Crippen molar-refractivity contribution in [1.82, 2.24) is 0 Å². The number of ether oxygens (including phenoxy) is 2. The third kappa shape index (κ3) is 6.68. The van der Waals surface area contributed by atoms with Gasteiger partial charge in [-0.25, -0.2) is 4.79 Å². The molecule has 0 spiro atoms. The molecular formula is C20H20N2O4S. The molecule has 0 aromatic heterocycles. The predicted molar refractivity (Wildman–Crippen MR) is 104 cm³/mol. The van der Waals surface area contributed by atoms with Crippen molar-refractivity contribution in [1.29, 1.82) is 5.26 Å². The van der Waals surface area contributed by atoms with Gasteiger partial charge in [-0.2, -0.15) is 5.26 Å². The molecule has 0 fully saturated rings. The lowest BCUT2D eigenvalue weighted by Gasteiger charge is -2.10. The number of carbonyl (C=O) groups excluding carboxylic acids is 2. The molecule has 1 N–H and O–H groups in total. The highest BCUT2D eigenvalue weighted by molar-refractivity contribution is 7.99. The first kappa shape index (κ1) is 20.3. The van der Waals surface area contributed by atoms with Gasteiger partial charge in [0.1, 0.15) is 5.75 Å². The van der Waals surface area contributed by atoms with E-state index in [9.17, 15) is 9.59 Å². The van der Waals surface area contributed by atoms with E-state index in [0.29, 0.717) is 23.6 Å². The number of hydrogen-bond donors (Lipinski definition) is 1. The van der Waals surface area contributed by atoms with Gasteiger partial charge in [-0.1, -0.05) is 19.1 Å². The highest BCUT2D eigenvalue weighted by Gasteiger charge is 2.12. The minimum Gasteiger partial charge on any atom is -0.494 e. The van der Waals surface area contributed by atoms with E-state index in [2.05, 4.69) is 5.32 Å². The molecule has 0 saturated heterocycles. The Morgan fingerprint density at radius 3 is 2.59 bits per heavy atom. The Labute approximate surface area is 162 Å². The van der Waals surface area contributed by atoms with Gasteiger partial charge in [0.15, 0.2) is 6.61 Å². The van der Waals surface area contributed by atoms with Gasteiger partial charge in [-0.15, -0.1) is 11.8 Å². The SMILES string of the molecule is CCCOc1ccc(C(=O)OCC(=O)Nc2ccccc2SCC#N)cc1. The number of nitriles is 1. The lowest BCUT2D eigenvalue weighted by Crippen LogP contribution is -2.21. The zero-order valence-electron chi connectivity index (χ0n) is 14.9. The molecule has 0 saturated carbocycles. The van der Waals surface area contributed by atoms with Crippen molar-refractivity contribution in [3.63, 3.8) is 0 Å². The summed E-state index contributed by atoms with van der Waals surface area (Å²) in [7, 11) is 0. The first-order valence-electron chi connectivity index (χ1n) is 8.42. The zero-order chi connectivity index (χ0) is 19.5. The highest BCUT2D eigenvalue weighted by atomic mass is 32.2. The second-order valence-electron chi connectivity index (χ2n) is 5.44. The molecule has 27 heavy (non-hydrogen) atoms. The number of nitrogens with zero attached hydrogens (tertiary/aromatic N) is 1. The van der Waals surface area contributed by atoms with E-state index >= 15 is 0 Å². The van der Waals surface area contributed by atoms with Crippen molar-refractivity contribution in [2.75, 3.05) is 24.3 Å². The maximum absolute atomic E-state index is 12.1. The van der Waals surface area contributed by atoms with Crippen molar-refractivity contribution >= 4 is 29.3 Å². The summed E-state index contributed by atoms with van der Waals surface area (Å²) < 4.78 is 10.5. The van der Waals surface area contributed by atoms with Crippen LogP contribution in [0, 0.1) is 11.3 Å². The Morgan fingerprint density at radius 2 is 1.89 bits per heavy atom. The standard InChI is InChI=1S/C20H20N2O4S/c1-2-12-25-16-9-7-15(8-10-16)20(24)26-14-19(23)22-17-5-3-4-6-18(17)27-13-11-21/h3-10H,2,12-14H2,1H3,(H,22,23). The van der Waals surface area contributed by atoms with Gasteiger partial charge in [0.2, 0.25) is 0 Å². The number of benzene rings is 2. The van der Waals surface area contributed by atoms with Crippen molar-refractivity contribution in [2.45, 2.75) is 18.2 Å². The average molecular weight is 384 g/mol. The lowest BCUT2D eigenvalue weighted by atomic mass is 10.2. The van der Waals surface area contributed by atoms with Crippen molar-refractivity contribution < 1.29 is 19.1 Å². The lowest BCUT2D eigenvalue weighted by molar-refractivity contribution is -0.119. The van der Waals surface area contributed by atoms with Crippen LogP contribution in [0.3, 0.4) is 0 Å². The number of thioether (sulfide) groups is 1. The van der Waals surface area contributed by atoms with Crippen molar-refractivity contribution in [2.24, 2.45) is 0 Å². The van der Waals surface area contributed by atoms with E-state index in [4.69, 9.17) is 14.7 Å². The zero-order valence-corrected chi connectivity index (χ0v) is 15.8. The molecule has 0 heterocycles. The monoisotopic (exact) mass is 384 g/mol. The largest absolute Gasteiger partial charge is 0.494 e. The molecule has 0 unspecified atom stereocenters. The molecule has 2 rings (SSSR count). The number of hydrogen-bond acceptors (Lipinski definition) is 6. The maximum Gasteiger partial charge on any atom is 0.338 e. The summed E-state index contributed by atoms with van der Waals surface area (Å²) >= 11 is 1.32. The van der Waals surface area contributed by atoms with Gasteiger partial charge in [-0.05, 0) is 42.8 Å². The summed E-state index contributed by atoms with van der Waals surface area (Å²) in [5.74, 6) is -0.0759. The van der Waals surface area contributed by atoms with Crippen LogP contribution in [-0.2, 0) is 9.53 Å². The normalized spacial score (nSPS) is 9.93. The van der Waals surface area contributed by atoms with E-state index in [1.807, 2.05) is 25.1 Å². The van der Waals surface area contributed by atoms with Crippen LogP contribution in [0.1, 0.15) is 23.7 Å². The molecule has 140 valence electrons. The summed E-state index contributed by atoms with van der Waals surface area (Å²) in [5.41, 5.74) is 0.924. The van der Waals surface area contributed by atoms with Crippen LogP contribution in [0.15, 0.2) is 53.4 Å².